The van der Waals surface area contributed by atoms with Crippen molar-refractivity contribution in [1.82, 2.24) is 10.3 Å². The second-order valence-electron chi connectivity index (χ2n) is 6.14. The molecule has 1 N–H and O–H groups in total. The predicted octanol–water partition coefficient (Wildman–Crippen LogP) is -0.780. The molecule has 2 aliphatic rings. The summed E-state index contributed by atoms with van der Waals surface area (Å²) in [6.45, 7) is 3.13. The van der Waals surface area contributed by atoms with Gasteiger partial charge in [0.1, 0.15) is 5.71 Å². The fraction of sp³-hybridized carbons (Fsp3) is 0.714. The lowest BCUT2D eigenvalue weighted by Gasteiger charge is -2.27. The Labute approximate surface area is 140 Å². The van der Waals surface area contributed by atoms with Gasteiger partial charge in [-0.2, -0.15) is 5.10 Å². The molecule has 0 aromatic carbocycles. The van der Waals surface area contributed by atoms with E-state index in [1.165, 1.54) is 0 Å². The van der Waals surface area contributed by atoms with Gasteiger partial charge in [0, 0.05) is 18.9 Å². The number of carbonyl (C=O) groups is 3. The number of esters is 1. The number of amides is 2. The quantitative estimate of drug-likeness (QED) is 0.643. The number of hydrogen-bond donors (Lipinski definition) is 1. The molecule has 2 aliphatic heterocycles. The number of nitrogens with zero attached hydrogens (tertiary/aromatic N) is 2. The molecule has 0 aromatic heterocycles. The zero-order valence-electron chi connectivity index (χ0n) is 13.6. The molecule has 2 amide bonds. The van der Waals surface area contributed by atoms with E-state index in [1.54, 1.807) is 13.8 Å². The third kappa shape index (κ3) is 4.76. The summed E-state index contributed by atoms with van der Waals surface area (Å²) in [6, 6.07) is -0.615. The van der Waals surface area contributed by atoms with Crippen LogP contribution in [0.2, 0.25) is 0 Å². The first kappa shape index (κ1) is 18.4. The van der Waals surface area contributed by atoms with Gasteiger partial charge in [-0.25, -0.2) is 18.2 Å². The maximum absolute atomic E-state index is 12.0. The van der Waals surface area contributed by atoms with Crippen molar-refractivity contribution in [3.8, 4) is 0 Å². The molecule has 1 saturated heterocycles. The highest BCUT2D eigenvalue weighted by molar-refractivity contribution is 7.91. The molecule has 0 spiro atoms. The van der Waals surface area contributed by atoms with Gasteiger partial charge in [0.15, 0.2) is 16.4 Å². The first-order valence-electron chi connectivity index (χ1n) is 7.74. The van der Waals surface area contributed by atoms with E-state index >= 15 is 0 Å². The number of nitrogens with one attached hydrogen (secondary N) is 1. The van der Waals surface area contributed by atoms with E-state index in [4.69, 9.17) is 4.74 Å². The highest BCUT2D eigenvalue weighted by atomic mass is 32.2. The van der Waals surface area contributed by atoms with Gasteiger partial charge in [-0.1, -0.05) is 0 Å². The Morgan fingerprint density at radius 3 is 2.67 bits per heavy atom. The Balaban J connectivity index is 1.99. The van der Waals surface area contributed by atoms with Crippen molar-refractivity contribution in [3.05, 3.63) is 0 Å². The Morgan fingerprint density at radius 1 is 1.38 bits per heavy atom. The van der Waals surface area contributed by atoms with E-state index in [-0.39, 0.29) is 42.0 Å². The first-order valence-corrected chi connectivity index (χ1v) is 9.56. The summed E-state index contributed by atoms with van der Waals surface area (Å²) in [7, 11) is -3.17. The minimum absolute atomic E-state index is 0.00607. The van der Waals surface area contributed by atoms with E-state index < -0.39 is 34.4 Å². The van der Waals surface area contributed by atoms with Crippen molar-refractivity contribution in [2.24, 2.45) is 5.10 Å². The van der Waals surface area contributed by atoms with Crippen LogP contribution in [-0.4, -0.2) is 67.1 Å². The lowest BCUT2D eigenvalue weighted by molar-refractivity contribution is -0.143. The number of sulfone groups is 1. The summed E-state index contributed by atoms with van der Waals surface area (Å²) in [6.07, 6.45) is 0.471. The lowest BCUT2D eigenvalue weighted by atomic mass is 10.1. The van der Waals surface area contributed by atoms with Crippen LogP contribution in [0.25, 0.3) is 0 Å². The Kier molecular flexibility index (Phi) is 5.58. The molecule has 1 fully saturated rings. The van der Waals surface area contributed by atoms with Crippen LogP contribution in [0.3, 0.4) is 0 Å². The van der Waals surface area contributed by atoms with Gasteiger partial charge in [0.05, 0.1) is 17.5 Å². The number of carbonyl (C=O) groups excluding carboxylic acids is 3. The van der Waals surface area contributed by atoms with E-state index in [2.05, 4.69) is 10.4 Å². The standard InChI is InChI=1S/C14H21N3O6S/c1-9(2)15-12(18)7-23-14(20)11-3-4-13(19)17(16-11)10-5-6-24(21,22)8-10/h9-10H,3-8H2,1-2H3,(H,15,18)/t10-/m0/s1. The first-order chi connectivity index (χ1) is 11.2. The fourth-order valence-electron chi connectivity index (χ4n) is 2.55. The lowest BCUT2D eigenvalue weighted by Crippen LogP contribution is -2.42. The van der Waals surface area contributed by atoms with Gasteiger partial charge < -0.3 is 10.1 Å². The number of ether oxygens (including phenoxy) is 1. The van der Waals surface area contributed by atoms with Crippen molar-refractivity contribution in [3.63, 3.8) is 0 Å². The molecule has 1 atom stereocenters. The molecule has 134 valence electrons. The second kappa shape index (κ2) is 7.29. The van der Waals surface area contributed by atoms with Crippen molar-refractivity contribution in [1.29, 1.82) is 0 Å². The molecule has 0 aliphatic carbocycles. The average Bonchev–Trinajstić information content (AvgIpc) is 2.84. The Bertz CT molecular complexity index is 670. The average molecular weight is 359 g/mol. The van der Waals surface area contributed by atoms with Gasteiger partial charge in [0.25, 0.3) is 5.91 Å². The zero-order valence-corrected chi connectivity index (χ0v) is 14.5. The van der Waals surface area contributed by atoms with E-state index in [1.807, 2.05) is 0 Å². The molecule has 2 heterocycles. The second-order valence-corrected chi connectivity index (χ2v) is 8.37. The molecular weight excluding hydrogens is 338 g/mol. The van der Waals surface area contributed by atoms with Crippen LogP contribution in [0.15, 0.2) is 5.10 Å². The molecule has 0 bridgehead atoms. The monoisotopic (exact) mass is 359 g/mol. The maximum Gasteiger partial charge on any atom is 0.355 e. The predicted molar refractivity (Wildman–Crippen MR) is 84.8 cm³/mol. The van der Waals surface area contributed by atoms with Crippen LogP contribution < -0.4 is 5.32 Å². The summed E-state index contributed by atoms with van der Waals surface area (Å²) in [4.78, 5) is 35.4. The highest BCUT2D eigenvalue weighted by Crippen LogP contribution is 2.22. The van der Waals surface area contributed by atoms with Crippen LogP contribution in [0, 0.1) is 0 Å². The third-order valence-corrected chi connectivity index (χ3v) is 5.38. The molecule has 0 unspecified atom stereocenters. The summed E-state index contributed by atoms with van der Waals surface area (Å²) in [5.74, 6) is -1.66. The topological polar surface area (TPSA) is 122 Å². The van der Waals surface area contributed by atoms with E-state index in [0.29, 0.717) is 6.42 Å². The normalized spacial score (nSPS) is 23.1. The van der Waals surface area contributed by atoms with Gasteiger partial charge >= 0.3 is 5.97 Å². The Morgan fingerprint density at radius 2 is 2.08 bits per heavy atom. The summed E-state index contributed by atoms with van der Waals surface area (Å²) < 4.78 is 28.0. The minimum Gasteiger partial charge on any atom is -0.451 e. The van der Waals surface area contributed by atoms with Crippen LogP contribution >= 0.6 is 0 Å². The van der Waals surface area contributed by atoms with Crippen molar-refractivity contribution >= 4 is 33.3 Å². The molecule has 10 heteroatoms. The third-order valence-electron chi connectivity index (χ3n) is 3.63. The van der Waals surface area contributed by atoms with E-state index in [9.17, 15) is 22.8 Å². The number of hydrazone groups is 1. The molecule has 0 radical (unpaired) electrons. The molecular formula is C14H21N3O6S. The van der Waals surface area contributed by atoms with Crippen LogP contribution in [0.4, 0.5) is 0 Å². The van der Waals surface area contributed by atoms with E-state index in [0.717, 1.165) is 5.01 Å². The Hall–Kier alpha value is -1.97. The molecule has 0 saturated carbocycles. The smallest absolute Gasteiger partial charge is 0.355 e. The van der Waals surface area contributed by atoms with Crippen molar-refractivity contribution in [2.75, 3.05) is 18.1 Å². The largest absolute Gasteiger partial charge is 0.451 e. The van der Waals surface area contributed by atoms with Gasteiger partial charge in [-0.15, -0.1) is 0 Å². The molecule has 9 nitrogen and oxygen atoms in total. The molecule has 24 heavy (non-hydrogen) atoms. The van der Waals surface area contributed by atoms with Gasteiger partial charge in [0.2, 0.25) is 5.91 Å². The molecule has 2 rings (SSSR count). The fourth-order valence-corrected chi connectivity index (χ4v) is 4.24. The van der Waals surface area contributed by atoms with Gasteiger partial charge in [-0.3, -0.25) is 9.59 Å². The number of rotatable bonds is 5. The van der Waals surface area contributed by atoms with Crippen LogP contribution in [-0.2, 0) is 29.0 Å². The summed E-state index contributed by atoms with van der Waals surface area (Å²) in [5, 5.41) is 7.64. The van der Waals surface area contributed by atoms with Gasteiger partial charge in [-0.05, 0) is 20.3 Å². The molecule has 0 aromatic rings. The number of hydrogen-bond acceptors (Lipinski definition) is 7. The van der Waals surface area contributed by atoms with Crippen molar-refractivity contribution < 1.29 is 27.5 Å². The highest BCUT2D eigenvalue weighted by Gasteiger charge is 2.37. The summed E-state index contributed by atoms with van der Waals surface area (Å²) >= 11 is 0. The zero-order chi connectivity index (χ0) is 17.9. The minimum atomic E-state index is -3.17. The van der Waals surface area contributed by atoms with Crippen LogP contribution in [0.1, 0.15) is 33.1 Å². The SMILES string of the molecule is CC(C)NC(=O)COC(=O)C1=NN([C@H]2CCS(=O)(=O)C2)C(=O)CC1. The van der Waals surface area contributed by atoms with Crippen molar-refractivity contribution in [2.45, 2.75) is 45.2 Å². The summed E-state index contributed by atoms with van der Waals surface area (Å²) in [5.41, 5.74) is 0.0243. The maximum atomic E-state index is 12.0. The van der Waals surface area contributed by atoms with Crippen LogP contribution in [0.5, 0.6) is 0 Å².